The predicted octanol–water partition coefficient (Wildman–Crippen LogP) is 3.24. The maximum atomic E-state index is 13.5. The third-order valence-electron chi connectivity index (χ3n) is 6.20. The van der Waals surface area contributed by atoms with Gasteiger partial charge in [-0.3, -0.25) is 4.79 Å². The number of aliphatic hydroxyl groups excluding tert-OH is 1. The highest BCUT2D eigenvalue weighted by Crippen LogP contribution is 2.38. The van der Waals surface area contributed by atoms with Gasteiger partial charge in [-0.25, -0.2) is 4.39 Å². The lowest BCUT2D eigenvalue weighted by Crippen LogP contribution is -2.53. The van der Waals surface area contributed by atoms with Crippen molar-refractivity contribution in [1.82, 2.24) is 9.47 Å². The zero-order valence-electron chi connectivity index (χ0n) is 15.9. The lowest BCUT2D eigenvalue weighted by Gasteiger charge is -2.47. The lowest BCUT2D eigenvalue weighted by molar-refractivity contribution is -0.179. The molecule has 2 fully saturated rings. The van der Waals surface area contributed by atoms with Gasteiger partial charge in [-0.1, -0.05) is 6.92 Å². The van der Waals surface area contributed by atoms with E-state index < -0.39 is 0 Å². The van der Waals surface area contributed by atoms with Crippen molar-refractivity contribution in [1.29, 1.82) is 0 Å². The van der Waals surface area contributed by atoms with Gasteiger partial charge >= 0.3 is 0 Å². The summed E-state index contributed by atoms with van der Waals surface area (Å²) in [5.41, 5.74) is 1.11. The van der Waals surface area contributed by atoms with Crippen LogP contribution >= 0.6 is 0 Å². The van der Waals surface area contributed by atoms with Crippen LogP contribution in [-0.4, -0.2) is 51.4 Å². The van der Waals surface area contributed by atoms with E-state index in [1.54, 1.807) is 12.1 Å². The van der Waals surface area contributed by atoms with Gasteiger partial charge in [0.15, 0.2) is 0 Å². The minimum atomic E-state index is -0.320. The maximum Gasteiger partial charge on any atom is 0.270 e. The van der Waals surface area contributed by atoms with Crippen LogP contribution < -0.4 is 0 Å². The van der Waals surface area contributed by atoms with E-state index in [-0.39, 0.29) is 29.5 Å². The lowest BCUT2D eigenvalue weighted by atomic mass is 9.81. The zero-order valence-corrected chi connectivity index (χ0v) is 15.9. The molecule has 6 heteroatoms. The molecular weight excluding hydrogens is 347 g/mol. The maximum absolute atomic E-state index is 13.5. The summed E-state index contributed by atoms with van der Waals surface area (Å²) >= 11 is 0. The number of carbonyl (C=O) groups is 1. The Kier molecular flexibility index (Phi) is 4.72. The van der Waals surface area contributed by atoms with Crippen molar-refractivity contribution in [3.63, 3.8) is 0 Å². The van der Waals surface area contributed by atoms with Gasteiger partial charge in [-0.15, -0.1) is 0 Å². The molecule has 1 N–H and O–H groups in total. The first-order valence-corrected chi connectivity index (χ1v) is 9.81. The summed E-state index contributed by atoms with van der Waals surface area (Å²) in [5.74, 6) is -0.335. The SMILES string of the molecule is CC[C@H]1C[C@@H](O)CC2(CCN(C(=O)c3cc4cc(F)ccc4n3C)CC2)O1. The molecule has 0 saturated carbocycles. The van der Waals surface area contributed by atoms with E-state index in [2.05, 4.69) is 6.92 Å². The van der Waals surface area contributed by atoms with Crippen molar-refractivity contribution >= 4 is 16.8 Å². The number of likely N-dealkylation sites (tertiary alicyclic amines) is 1. The van der Waals surface area contributed by atoms with Crippen LogP contribution in [0.5, 0.6) is 0 Å². The van der Waals surface area contributed by atoms with E-state index in [0.29, 0.717) is 31.6 Å². The van der Waals surface area contributed by atoms with E-state index in [1.807, 2.05) is 16.5 Å². The first-order chi connectivity index (χ1) is 12.9. The molecule has 2 saturated heterocycles. The van der Waals surface area contributed by atoms with Crippen LogP contribution in [0.3, 0.4) is 0 Å². The number of halogens is 1. The molecule has 2 atom stereocenters. The van der Waals surface area contributed by atoms with E-state index in [0.717, 1.165) is 30.2 Å². The summed E-state index contributed by atoms with van der Waals surface area (Å²) in [7, 11) is 1.84. The Morgan fingerprint density at radius 2 is 2.07 bits per heavy atom. The summed E-state index contributed by atoms with van der Waals surface area (Å²) in [5, 5.41) is 11.0. The third-order valence-corrected chi connectivity index (χ3v) is 6.20. The number of rotatable bonds is 2. The second-order valence-corrected chi connectivity index (χ2v) is 8.01. The summed E-state index contributed by atoms with van der Waals surface area (Å²) in [4.78, 5) is 14.9. The van der Waals surface area contributed by atoms with Crippen LogP contribution in [0.1, 0.15) is 49.5 Å². The number of aryl methyl sites for hydroxylation is 1. The number of piperidine rings is 1. The number of aliphatic hydroxyl groups is 1. The van der Waals surface area contributed by atoms with Gasteiger partial charge in [0.25, 0.3) is 5.91 Å². The Labute approximate surface area is 158 Å². The molecule has 4 rings (SSSR count). The topological polar surface area (TPSA) is 54.7 Å². The Morgan fingerprint density at radius 3 is 2.78 bits per heavy atom. The van der Waals surface area contributed by atoms with Gasteiger partial charge in [-0.2, -0.15) is 0 Å². The van der Waals surface area contributed by atoms with Crippen LogP contribution in [0.15, 0.2) is 24.3 Å². The number of aromatic nitrogens is 1. The van der Waals surface area contributed by atoms with Crippen molar-refractivity contribution in [2.45, 2.75) is 56.8 Å². The fraction of sp³-hybridized carbons (Fsp3) is 0.571. The molecule has 1 amide bonds. The monoisotopic (exact) mass is 374 g/mol. The molecule has 0 unspecified atom stereocenters. The highest BCUT2D eigenvalue weighted by Gasteiger charge is 2.43. The number of benzene rings is 1. The van der Waals surface area contributed by atoms with Crippen LogP contribution in [-0.2, 0) is 11.8 Å². The number of fused-ring (bicyclic) bond motifs is 1. The molecule has 2 aliphatic heterocycles. The quantitative estimate of drug-likeness (QED) is 0.878. The minimum Gasteiger partial charge on any atom is -0.393 e. The fourth-order valence-corrected chi connectivity index (χ4v) is 4.64. The molecule has 1 aromatic carbocycles. The second-order valence-electron chi connectivity index (χ2n) is 8.01. The largest absolute Gasteiger partial charge is 0.393 e. The molecule has 0 bridgehead atoms. The average Bonchev–Trinajstić information content (AvgIpc) is 2.97. The van der Waals surface area contributed by atoms with Crippen LogP contribution in [0.25, 0.3) is 10.9 Å². The molecule has 1 spiro atoms. The Balaban J connectivity index is 1.50. The van der Waals surface area contributed by atoms with Crippen LogP contribution in [0.4, 0.5) is 4.39 Å². The molecule has 2 aliphatic rings. The molecule has 27 heavy (non-hydrogen) atoms. The molecule has 0 aliphatic carbocycles. The van der Waals surface area contributed by atoms with Gasteiger partial charge in [-0.05, 0) is 49.9 Å². The van der Waals surface area contributed by atoms with Gasteiger partial charge in [0.2, 0.25) is 0 Å². The number of ether oxygens (including phenoxy) is 1. The smallest absolute Gasteiger partial charge is 0.270 e. The van der Waals surface area contributed by atoms with E-state index in [4.69, 9.17) is 4.74 Å². The van der Waals surface area contributed by atoms with Gasteiger partial charge in [0.05, 0.1) is 17.8 Å². The minimum absolute atomic E-state index is 0.0349. The predicted molar refractivity (Wildman–Crippen MR) is 101 cm³/mol. The number of nitrogens with zero attached hydrogens (tertiary/aromatic N) is 2. The van der Waals surface area contributed by atoms with Crippen molar-refractivity contribution in [2.75, 3.05) is 13.1 Å². The standard InChI is InChI=1S/C21H27FN2O3/c1-3-17-12-16(25)13-21(27-17)6-8-24(9-7-21)20(26)19-11-14-10-15(22)4-5-18(14)23(19)2/h4-5,10-11,16-17,25H,3,6-9,12-13H2,1-2H3/t16-,17+/m1/s1. The summed E-state index contributed by atoms with van der Waals surface area (Å²) in [6.45, 7) is 3.30. The van der Waals surface area contributed by atoms with Gasteiger partial charge in [0, 0.05) is 37.5 Å². The highest BCUT2D eigenvalue weighted by molar-refractivity contribution is 5.98. The molecular formula is C21H27FN2O3. The van der Waals surface area contributed by atoms with Gasteiger partial charge < -0.3 is 19.3 Å². The molecule has 0 radical (unpaired) electrons. The third kappa shape index (κ3) is 3.36. The first kappa shape index (κ1) is 18.4. The number of hydrogen-bond acceptors (Lipinski definition) is 3. The summed E-state index contributed by atoms with van der Waals surface area (Å²) in [6.07, 6.45) is 3.51. The molecule has 5 nitrogen and oxygen atoms in total. The molecule has 3 heterocycles. The fourth-order valence-electron chi connectivity index (χ4n) is 4.64. The first-order valence-electron chi connectivity index (χ1n) is 9.81. The average molecular weight is 374 g/mol. The zero-order chi connectivity index (χ0) is 19.2. The van der Waals surface area contributed by atoms with Crippen LogP contribution in [0.2, 0.25) is 0 Å². The van der Waals surface area contributed by atoms with E-state index in [9.17, 15) is 14.3 Å². The molecule has 2 aromatic rings. The molecule has 1 aromatic heterocycles. The normalized spacial score (nSPS) is 25.3. The molecule has 146 valence electrons. The van der Waals surface area contributed by atoms with Crippen molar-refractivity contribution in [3.8, 4) is 0 Å². The number of carbonyl (C=O) groups excluding carboxylic acids is 1. The van der Waals surface area contributed by atoms with Crippen molar-refractivity contribution in [3.05, 3.63) is 35.8 Å². The van der Waals surface area contributed by atoms with E-state index in [1.165, 1.54) is 12.1 Å². The van der Waals surface area contributed by atoms with E-state index >= 15 is 0 Å². The highest BCUT2D eigenvalue weighted by atomic mass is 19.1. The van der Waals surface area contributed by atoms with Crippen LogP contribution in [0, 0.1) is 5.82 Å². The van der Waals surface area contributed by atoms with Gasteiger partial charge in [0.1, 0.15) is 11.5 Å². The van der Waals surface area contributed by atoms with Crippen molar-refractivity contribution in [2.24, 2.45) is 7.05 Å². The van der Waals surface area contributed by atoms with Crippen molar-refractivity contribution < 1.29 is 19.0 Å². The summed E-state index contributed by atoms with van der Waals surface area (Å²) < 4.78 is 21.6. The Hall–Kier alpha value is -1.92. The number of hydrogen-bond donors (Lipinski definition) is 1. The second kappa shape index (κ2) is 6.91. The Bertz CT molecular complexity index is 854. The summed E-state index contributed by atoms with van der Waals surface area (Å²) in [6, 6.07) is 6.34. The number of amides is 1. The Morgan fingerprint density at radius 1 is 1.33 bits per heavy atom.